The van der Waals surface area contributed by atoms with E-state index in [-0.39, 0.29) is 11.4 Å². The van der Waals surface area contributed by atoms with Crippen molar-refractivity contribution in [2.24, 2.45) is 12.8 Å². The van der Waals surface area contributed by atoms with Crippen molar-refractivity contribution in [1.29, 1.82) is 0 Å². The van der Waals surface area contributed by atoms with E-state index in [2.05, 4.69) is 10.2 Å². The van der Waals surface area contributed by atoms with Crippen molar-refractivity contribution in [3.05, 3.63) is 46.4 Å². The van der Waals surface area contributed by atoms with Gasteiger partial charge in [0.25, 0.3) is 0 Å². The van der Waals surface area contributed by atoms with Gasteiger partial charge in [0.15, 0.2) is 5.16 Å². The van der Waals surface area contributed by atoms with Gasteiger partial charge >= 0.3 is 11.7 Å². The second-order valence-electron chi connectivity index (χ2n) is 4.30. The Hall–Kier alpha value is -2.06. The highest BCUT2D eigenvalue weighted by molar-refractivity contribution is 7.99. The molecule has 0 aliphatic carbocycles. The lowest BCUT2D eigenvalue weighted by Gasteiger charge is -2.24. The number of carboxylic acid groups (broad SMARTS) is 1. The van der Waals surface area contributed by atoms with Gasteiger partial charge in [-0.25, -0.2) is 14.7 Å². The molecule has 7 nitrogen and oxygen atoms in total. The number of nitrogens with zero attached hydrogens (tertiary/aromatic N) is 2. The fourth-order valence-electron chi connectivity index (χ4n) is 1.64. The van der Waals surface area contributed by atoms with Gasteiger partial charge in [-0.05, 0) is 5.56 Å². The number of carboxylic acids is 1. The fraction of sp³-hybridized carbons (Fsp3) is 0.250. The van der Waals surface area contributed by atoms with Crippen molar-refractivity contribution >= 4 is 17.7 Å². The van der Waals surface area contributed by atoms with Crippen LogP contribution in [-0.4, -0.2) is 31.6 Å². The highest BCUT2D eigenvalue weighted by Gasteiger charge is 2.36. The van der Waals surface area contributed by atoms with E-state index in [4.69, 9.17) is 5.73 Å². The maximum absolute atomic E-state index is 11.5. The van der Waals surface area contributed by atoms with Crippen LogP contribution < -0.4 is 11.4 Å². The number of carbonyl (C=O) groups is 1. The molecule has 0 amide bonds. The van der Waals surface area contributed by atoms with Gasteiger partial charge < -0.3 is 10.8 Å². The average Bonchev–Trinajstić information content (AvgIpc) is 2.77. The molecule has 2 aromatic rings. The van der Waals surface area contributed by atoms with Gasteiger partial charge in [-0.2, -0.15) is 0 Å². The zero-order valence-electron chi connectivity index (χ0n) is 10.7. The second-order valence-corrected chi connectivity index (χ2v) is 5.24. The Bertz CT molecular complexity index is 667. The van der Waals surface area contributed by atoms with E-state index in [0.29, 0.717) is 10.7 Å². The molecule has 0 bridgehead atoms. The predicted octanol–water partition coefficient (Wildman–Crippen LogP) is 0.139. The van der Waals surface area contributed by atoms with Crippen molar-refractivity contribution in [2.45, 2.75) is 10.7 Å². The molecule has 0 radical (unpaired) electrons. The lowest BCUT2D eigenvalue weighted by molar-refractivity contribution is -0.142. The number of thioether (sulfide) groups is 1. The van der Waals surface area contributed by atoms with Crippen LogP contribution in [0.3, 0.4) is 0 Å². The Kier molecular flexibility index (Phi) is 3.96. The molecule has 1 heterocycles. The molecule has 2 rings (SSSR count). The number of nitrogens with one attached hydrogen (secondary N) is 1. The van der Waals surface area contributed by atoms with Crippen LogP contribution in [0.4, 0.5) is 0 Å². The third-order valence-electron chi connectivity index (χ3n) is 2.94. The zero-order valence-corrected chi connectivity index (χ0v) is 11.6. The van der Waals surface area contributed by atoms with E-state index in [1.165, 1.54) is 4.57 Å². The number of hydrogen-bond acceptors (Lipinski definition) is 5. The van der Waals surface area contributed by atoms with E-state index in [1.807, 2.05) is 0 Å². The maximum atomic E-state index is 11.5. The number of H-pyrrole nitrogens is 1. The molecule has 1 atom stereocenters. The Balaban J connectivity index is 2.25. The van der Waals surface area contributed by atoms with Crippen molar-refractivity contribution in [2.75, 3.05) is 5.75 Å². The van der Waals surface area contributed by atoms with Gasteiger partial charge in [-0.15, -0.1) is 5.10 Å². The lowest BCUT2D eigenvalue weighted by atomic mass is 9.93. The number of hydrogen-bond donors (Lipinski definition) is 3. The molecule has 0 aliphatic rings. The molecule has 1 aromatic carbocycles. The van der Waals surface area contributed by atoms with Gasteiger partial charge in [0.2, 0.25) is 0 Å². The van der Waals surface area contributed by atoms with Crippen molar-refractivity contribution in [1.82, 2.24) is 14.8 Å². The molecule has 8 heteroatoms. The fourth-order valence-corrected chi connectivity index (χ4v) is 2.68. The van der Waals surface area contributed by atoms with E-state index < -0.39 is 11.5 Å². The van der Waals surface area contributed by atoms with Gasteiger partial charge in [0.05, 0.1) is 0 Å². The number of rotatable bonds is 5. The molecule has 4 N–H and O–H groups in total. The van der Waals surface area contributed by atoms with E-state index >= 15 is 0 Å². The Morgan fingerprint density at radius 3 is 2.65 bits per heavy atom. The lowest BCUT2D eigenvalue weighted by Crippen LogP contribution is -2.47. The van der Waals surface area contributed by atoms with Crippen LogP contribution in [0.15, 0.2) is 40.3 Å². The summed E-state index contributed by atoms with van der Waals surface area (Å²) in [5, 5.41) is 15.9. The zero-order chi connectivity index (χ0) is 14.8. The first-order valence-electron chi connectivity index (χ1n) is 5.77. The van der Waals surface area contributed by atoms with Gasteiger partial charge in [0, 0.05) is 12.8 Å². The van der Waals surface area contributed by atoms with Crippen molar-refractivity contribution < 1.29 is 9.90 Å². The Labute approximate surface area is 118 Å². The van der Waals surface area contributed by atoms with Crippen LogP contribution in [0.5, 0.6) is 0 Å². The van der Waals surface area contributed by atoms with Crippen molar-refractivity contribution in [3.8, 4) is 0 Å². The number of aromatic nitrogens is 3. The largest absolute Gasteiger partial charge is 0.480 e. The standard InChI is InChI=1S/C12H14N4O3S/c1-16-10(19)14-15-11(16)20-7-12(13,9(17)18)8-5-3-2-4-6-8/h2-6H,7,13H2,1H3,(H,14,19)(H,17,18). The molecular formula is C12H14N4O3S. The third kappa shape index (κ3) is 2.61. The molecule has 0 saturated heterocycles. The minimum Gasteiger partial charge on any atom is -0.480 e. The summed E-state index contributed by atoms with van der Waals surface area (Å²) in [6, 6.07) is 8.58. The van der Waals surface area contributed by atoms with E-state index in [9.17, 15) is 14.7 Å². The summed E-state index contributed by atoms with van der Waals surface area (Å²) in [6.07, 6.45) is 0. The van der Waals surface area contributed by atoms with Crippen LogP contribution in [-0.2, 0) is 17.4 Å². The molecule has 1 aromatic heterocycles. The van der Waals surface area contributed by atoms with Gasteiger partial charge in [-0.1, -0.05) is 42.1 Å². The number of aromatic amines is 1. The molecular weight excluding hydrogens is 280 g/mol. The number of benzene rings is 1. The molecule has 106 valence electrons. The van der Waals surface area contributed by atoms with Crippen molar-refractivity contribution in [3.63, 3.8) is 0 Å². The Morgan fingerprint density at radius 2 is 2.15 bits per heavy atom. The van der Waals surface area contributed by atoms with Gasteiger partial charge in [0.1, 0.15) is 5.54 Å². The minimum atomic E-state index is -1.54. The average molecular weight is 294 g/mol. The quantitative estimate of drug-likeness (QED) is 0.676. The number of aliphatic carboxylic acids is 1. The normalized spacial score (nSPS) is 13.9. The van der Waals surface area contributed by atoms with Crippen LogP contribution in [0.1, 0.15) is 5.56 Å². The molecule has 20 heavy (non-hydrogen) atoms. The second kappa shape index (κ2) is 5.51. The summed E-state index contributed by atoms with van der Waals surface area (Å²) >= 11 is 1.11. The summed E-state index contributed by atoms with van der Waals surface area (Å²) in [5.41, 5.74) is 4.62. The monoisotopic (exact) mass is 294 g/mol. The maximum Gasteiger partial charge on any atom is 0.343 e. The topological polar surface area (TPSA) is 114 Å². The summed E-state index contributed by atoms with van der Waals surface area (Å²) < 4.78 is 1.30. The highest BCUT2D eigenvalue weighted by atomic mass is 32.2. The minimum absolute atomic E-state index is 0.0600. The summed E-state index contributed by atoms with van der Waals surface area (Å²) in [5.74, 6) is -1.07. The summed E-state index contributed by atoms with van der Waals surface area (Å²) in [4.78, 5) is 22.8. The molecule has 0 aliphatic heterocycles. The van der Waals surface area contributed by atoms with E-state index in [0.717, 1.165) is 11.8 Å². The predicted molar refractivity (Wildman–Crippen MR) is 74.5 cm³/mol. The smallest absolute Gasteiger partial charge is 0.343 e. The van der Waals surface area contributed by atoms with E-state index in [1.54, 1.807) is 37.4 Å². The SMILES string of the molecule is Cn1c(SCC(N)(C(=O)O)c2ccccc2)n[nH]c1=O. The summed E-state index contributed by atoms with van der Waals surface area (Å²) in [6.45, 7) is 0. The first kappa shape index (κ1) is 14.4. The number of nitrogens with two attached hydrogens (primary N) is 1. The first-order chi connectivity index (χ1) is 9.45. The molecule has 0 fully saturated rings. The molecule has 1 unspecified atom stereocenters. The van der Waals surface area contributed by atoms with Crippen LogP contribution in [0.2, 0.25) is 0 Å². The first-order valence-corrected chi connectivity index (χ1v) is 6.75. The molecule has 0 saturated carbocycles. The summed E-state index contributed by atoms with van der Waals surface area (Å²) in [7, 11) is 1.55. The third-order valence-corrected chi connectivity index (χ3v) is 4.16. The van der Waals surface area contributed by atoms with Crippen LogP contribution in [0, 0.1) is 0 Å². The molecule has 0 spiro atoms. The highest BCUT2D eigenvalue weighted by Crippen LogP contribution is 2.26. The van der Waals surface area contributed by atoms with Gasteiger partial charge in [-0.3, -0.25) is 4.57 Å². The Morgan fingerprint density at radius 1 is 1.50 bits per heavy atom. The van der Waals surface area contributed by atoms with Crippen LogP contribution >= 0.6 is 11.8 Å². The van der Waals surface area contributed by atoms with Crippen LogP contribution in [0.25, 0.3) is 0 Å².